The lowest BCUT2D eigenvalue weighted by molar-refractivity contribution is 0.0525. The number of hydrogen-bond acceptors (Lipinski definition) is 5. The van der Waals surface area contributed by atoms with E-state index in [1.807, 2.05) is 6.07 Å². The minimum Gasteiger partial charge on any atom is -0.462 e. The molecule has 1 N–H and O–H groups in total. The van der Waals surface area contributed by atoms with Crippen molar-refractivity contribution < 1.29 is 19.0 Å². The van der Waals surface area contributed by atoms with E-state index in [0.29, 0.717) is 28.2 Å². The third-order valence-corrected chi connectivity index (χ3v) is 3.31. The molecule has 1 aromatic heterocycles. The fraction of sp³-hybridized carbons (Fsp3) is 0.231. The van der Waals surface area contributed by atoms with Gasteiger partial charge >= 0.3 is 5.97 Å². The first-order valence-electron chi connectivity index (χ1n) is 5.83. The summed E-state index contributed by atoms with van der Waals surface area (Å²) in [5.41, 5.74) is 1.14. The van der Waals surface area contributed by atoms with Gasteiger partial charge in [0.1, 0.15) is 0 Å². The fourth-order valence-corrected chi connectivity index (χ4v) is 2.28. The van der Waals surface area contributed by atoms with E-state index in [0.717, 1.165) is 10.9 Å². The standard InChI is InChI=1S/C13H11NO4S/c1-2-16-13(15)8-5-14-9-4-11-10(17-6-18-11)3-7(9)12(8)19/h3-5H,2,6H2,1H3,(H,14,19). The number of carbonyl (C=O) groups excluding carboxylic acids is 1. The number of hydrogen-bond donors (Lipinski definition) is 1. The van der Waals surface area contributed by atoms with Crippen molar-refractivity contribution in [3.8, 4) is 11.5 Å². The molecule has 2 aromatic rings. The molecule has 3 rings (SSSR count). The van der Waals surface area contributed by atoms with Gasteiger partial charge in [-0.15, -0.1) is 0 Å². The van der Waals surface area contributed by atoms with Gasteiger partial charge in [0.05, 0.1) is 22.2 Å². The fourth-order valence-electron chi connectivity index (χ4n) is 1.97. The van der Waals surface area contributed by atoms with E-state index in [-0.39, 0.29) is 6.79 Å². The van der Waals surface area contributed by atoms with Crippen LogP contribution in [-0.2, 0) is 4.74 Å². The molecular weight excluding hydrogens is 266 g/mol. The lowest BCUT2D eigenvalue weighted by Crippen LogP contribution is -2.06. The van der Waals surface area contributed by atoms with Crippen LogP contribution in [0.4, 0.5) is 0 Å². The Morgan fingerprint density at radius 3 is 2.89 bits per heavy atom. The van der Waals surface area contributed by atoms with Crippen molar-refractivity contribution in [2.45, 2.75) is 6.92 Å². The van der Waals surface area contributed by atoms with Crippen molar-refractivity contribution in [3.63, 3.8) is 0 Å². The summed E-state index contributed by atoms with van der Waals surface area (Å²) in [5, 5.41) is 0.741. The van der Waals surface area contributed by atoms with Crippen molar-refractivity contribution in [2.24, 2.45) is 0 Å². The molecular formula is C13H11NO4S. The zero-order chi connectivity index (χ0) is 13.4. The molecule has 0 aliphatic carbocycles. The molecule has 0 spiro atoms. The number of pyridine rings is 1. The van der Waals surface area contributed by atoms with Crippen LogP contribution in [0.3, 0.4) is 0 Å². The summed E-state index contributed by atoms with van der Waals surface area (Å²) in [6.45, 7) is 2.26. The highest BCUT2D eigenvalue weighted by Crippen LogP contribution is 2.36. The van der Waals surface area contributed by atoms with Gasteiger partial charge in [0.15, 0.2) is 11.5 Å². The van der Waals surface area contributed by atoms with Crippen LogP contribution in [0.15, 0.2) is 18.3 Å². The molecule has 6 heteroatoms. The summed E-state index contributed by atoms with van der Waals surface area (Å²) in [6, 6.07) is 3.58. The van der Waals surface area contributed by atoms with Crippen LogP contribution in [0.2, 0.25) is 0 Å². The second-order valence-corrected chi connectivity index (χ2v) is 4.41. The van der Waals surface area contributed by atoms with Crippen molar-refractivity contribution in [1.82, 2.24) is 4.98 Å². The second kappa shape index (κ2) is 4.55. The monoisotopic (exact) mass is 277 g/mol. The van der Waals surface area contributed by atoms with Crippen LogP contribution >= 0.6 is 12.2 Å². The Morgan fingerprint density at radius 2 is 2.16 bits per heavy atom. The Kier molecular flexibility index (Phi) is 2.87. The maximum atomic E-state index is 11.8. The maximum absolute atomic E-state index is 11.8. The number of nitrogens with one attached hydrogen (secondary N) is 1. The third-order valence-electron chi connectivity index (χ3n) is 2.87. The predicted molar refractivity (Wildman–Crippen MR) is 71.2 cm³/mol. The minimum atomic E-state index is -0.427. The van der Waals surface area contributed by atoms with E-state index < -0.39 is 5.97 Å². The van der Waals surface area contributed by atoms with Crippen molar-refractivity contribution in [1.29, 1.82) is 0 Å². The van der Waals surface area contributed by atoms with Gasteiger partial charge in [-0.2, -0.15) is 0 Å². The van der Waals surface area contributed by atoms with Gasteiger partial charge in [-0.3, -0.25) is 0 Å². The van der Waals surface area contributed by atoms with Crippen LogP contribution in [0.1, 0.15) is 17.3 Å². The highest BCUT2D eigenvalue weighted by atomic mass is 32.1. The number of benzene rings is 1. The van der Waals surface area contributed by atoms with Crippen molar-refractivity contribution in [3.05, 3.63) is 28.4 Å². The largest absolute Gasteiger partial charge is 0.462 e. The Labute approximate surface area is 114 Å². The van der Waals surface area contributed by atoms with Gasteiger partial charge in [-0.05, 0) is 13.0 Å². The van der Waals surface area contributed by atoms with Gasteiger partial charge in [0.2, 0.25) is 6.79 Å². The minimum absolute atomic E-state index is 0.198. The van der Waals surface area contributed by atoms with Crippen LogP contribution < -0.4 is 9.47 Å². The molecule has 0 saturated carbocycles. The average Bonchev–Trinajstić information content (AvgIpc) is 2.84. The summed E-state index contributed by atoms with van der Waals surface area (Å²) in [5.74, 6) is 0.873. The smallest absolute Gasteiger partial charge is 0.341 e. The molecule has 19 heavy (non-hydrogen) atoms. The number of esters is 1. The van der Waals surface area contributed by atoms with Gasteiger partial charge in [-0.1, -0.05) is 12.2 Å². The van der Waals surface area contributed by atoms with E-state index in [9.17, 15) is 4.79 Å². The summed E-state index contributed by atoms with van der Waals surface area (Å²) < 4.78 is 16.0. The van der Waals surface area contributed by atoms with Gasteiger partial charge < -0.3 is 19.2 Å². The average molecular weight is 277 g/mol. The van der Waals surface area contributed by atoms with Crippen LogP contribution in [-0.4, -0.2) is 24.4 Å². The number of H-pyrrole nitrogens is 1. The number of rotatable bonds is 2. The van der Waals surface area contributed by atoms with Crippen LogP contribution in [0.25, 0.3) is 10.9 Å². The molecule has 0 amide bonds. The topological polar surface area (TPSA) is 60.6 Å². The van der Waals surface area contributed by atoms with Gasteiger partial charge in [0, 0.05) is 17.6 Å². The van der Waals surface area contributed by atoms with E-state index in [2.05, 4.69) is 4.98 Å². The van der Waals surface area contributed by atoms with E-state index in [1.165, 1.54) is 0 Å². The number of fused-ring (bicyclic) bond motifs is 2. The number of aromatic nitrogens is 1. The zero-order valence-corrected chi connectivity index (χ0v) is 11.0. The van der Waals surface area contributed by atoms with Crippen LogP contribution in [0, 0.1) is 4.51 Å². The van der Waals surface area contributed by atoms with Gasteiger partial charge in [-0.25, -0.2) is 4.79 Å². The van der Waals surface area contributed by atoms with Crippen molar-refractivity contribution >= 4 is 29.1 Å². The molecule has 0 unspecified atom stereocenters. The lowest BCUT2D eigenvalue weighted by atomic mass is 10.1. The summed E-state index contributed by atoms with van der Waals surface area (Å²) >= 11 is 5.34. The molecule has 0 fully saturated rings. The predicted octanol–water partition coefficient (Wildman–Crippen LogP) is 2.80. The van der Waals surface area contributed by atoms with Crippen LogP contribution in [0.5, 0.6) is 11.5 Å². The molecule has 0 radical (unpaired) electrons. The number of aromatic amines is 1. The summed E-state index contributed by atoms with van der Waals surface area (Å²) in [6.07, 6.45) is 1.56. The quantitative estimate of drug-likeness (QED) is 0.675. The first-order valence-corrected chi connectivity index (χ1v) is 6.23. The Balaban J connectivity index is 2.19. The highest BCUT2D eigenvalue weighted by Gasteiger charge is 2.17. The Morgan fingerprint density at radius 1 is 1.42 bits per heavy atom. The molecule has 0 saturated heterocycles. The lowest BCUT2D eigenvalue weighted by Gasteiger charge is -2.06. The summed E-state index contributed by atoms with van der Waals surface area (Å²) in [4.78, 5) is 14.8. The molecule has 5 nitrogen and oxygen atoms in total. The molecule has 0 bridgehead atoms. The molecule has 1 aliphatic heterocycles. The van der Waals surface area contributed by atoms with E-state index >= 15 is 0 Å². The maximum Gasteiger partial charge on any atom is 0.341 e. The highest BCUT2D eigenvalue weighted by molar-refractivity contribution is 7.71. The Bertz CT molecular complexity index is 722. The van der Waals surface area contributed by atoms with Gasteiger partial charge in [0.25, 0.3) is 0 Å². The summed E-state index contributed by atoms with van der Waals surface area (Å²) in [7, 11) is 0. The SMILES string of the molecule is CCOC(=O)c1c[nH]c2cc3c(cc2c1=S)OCO3. The van der Waals surface area contributed by atoms with E-state index in [1.54, 1.807) is 19.2 Å². The number of carbonyl (C=O) groups is 1. The first-order chi connectivity index (χ1) is 9.20. The number of ether oxygens (including phenoxy) is 3. The Hall–Kier alpha value is -2.08. The molecule has 1 aliphatic rings. The first kappa shape index (κ1) is 12.0. The third kappa shape index (κ3) is 1.94. The molecule has 0 atom stereocenters. The van der Waals surface area contributed by atoms with Crippen molar-refractivity contribution in [2.75, 3.05) is 13.4 Å². The molecule has 98 valence electrons. The zero-order valence-electron chi connectivity index (χ0n) is 10.2. The molecule has 2 heterocycles. The second-order valence-electron chi connectivity index (χ2n) is 4.00. The van der Waals surface area contributed by atoms with E-state index in [4.69, 9.17) is 26.4 Å². The normalized spacial score (nSPS) is 12.7. The molecule has 1 aromatic carbocycles.